The topological polar surface area (TPSA) is 122 Å². The first-order chi connectivity index (χ1) is 14.7. The standard InChI is InChI=1S/C24H43NO8/c1-11-14-24(25(29)30,16-13-18(26)31-21(2,3)4)15-12-17(19(27)32-22(5,6)7)20(28)33-23(8,9)10/h17H,11-16H2,1-10H3. The monoisotopic (exact) mass is 473 g/mol. The summed E-state index contributed by atoms with van der Waals surface area (Å²) in [5.74, 6) is -3.39. The van der Waals surface area contributed by atoms with Crippen molar-refractivity contribution < 1.29 is 33.5 Å². The van der Waals surface area contributed by atoms with Gasteiger partial charge in [-0.2, -0.15) is 0 Å². The molecule has 0 aromatic heterocycles. The maximum Gasteiger partial charge on any atom is 0.320 e. The second-order valence-corrected chi connectivity index (χ2v) is 11.5. The molecule has 9 heteroatoms. The van der Waals surface area contributed by atoms with Crippen LogP contribution in [0, 0.1) is 16.0 Å². The SMILES string of the molecule is CCCC(CCC(=O)OC(C)(C)C)(CCC(C(=O)OC(C)(C)C)C(=O)OC(C)(C)C)[N+](=O)[O-]. The number of esters is 3. The van der Waals surface area contributed by atoms with Crippen molar-refractivity contribution in [2.24, 2.45) is 5.92 Å². The van der Waals surface area contributed by atoms with E-state index in [0.29, 0.717) is 6.42 Å². The second-order valence-electron chi connectivity index (χ2n) is 11.5. The summed E-state index contributed by atoms with van der Waals surface area (Å²) in [5.41, 5.74) is -3.85. The van der Waals surface area contributed by atoms with Crippen molar-refractivity contribution in [1.29, 1.82) is 0 Å². The summed E-state index contributed by atoms with van der Waals surface area (Å²) in [4.78, 5) is 49.5. The van der Waals surface area contributed by atoms with Gasteiger partial charge in [-0.15, -0.1) is 0 Å². The smallest absolute Gasteiger partial charge is 0.320 e. The van der Waals surface area contributed by atoms with Crippen molar-refractivity contribution in [3.63, 3.8) is 0 Å². The number of carbonyl (C=O) groups excluding carboxylic acids is 3. The third kappa shape index (κ3) is 12.6. The number of ether oxygens (including phenoxy) is 3. The van der Waals surface area contributed by atoms with E-state index in [2.05, 4.69) is 0 Å². The highest BCUT2D eigenvalue weighted by Crippen LogP contribution is 2.32. The molecule has 1 unspecified atom stereocenters. The lowest BCUT2D eigenvalue weighted by Gasteiger charge is -2.29. The summed E-state index contributed by atoms with van der Waals surface area (Å²) in [6, 6.07) is 0. The van der Waals surface area contributed by atoms with E-state index in [4.69, 9.17) is 14.2 Å². The summed E-state index contributed by atoms with van der Waals surface area (Å²) in [6.07, 6.45) is 0.288. The van der Waals surface area contributed by atoms with Gasteiger partial charge in [0.05, 0.1) is 6.42 Å². The Morgan fingerprint density at radius 1 is 0.758 bits per heavy atom. The van der Waals surface area contributed by atoms with Gasteiger partial charge in [-0.05, 0) is 75.2 Å². The van der Waals surface area contributed by atoms with Gasteiger partial charge in [0, 0.05) is 24.2 Å². The third-order valence-corrected chi connectivity index (χ3v) is 4.60. The fourth-order valence-electron chi connectivity index (χ4n) is 3.33. The van der Waals surface area contributed by atoms with E-state index in [1.165, 1.54) is 0 Å². The molecule has 0 aromatic carbocycles. The molecule has 192 valence electrons. The van der Waals surface area contributed by atoms with E-state index >= 15 is 0 Å². The van der Waals surface area contributed by atoms with Crippen LogP contribution in [-0.4, -0.2) is 45.2 Å². The molecule has 1 atom stereocenters. The number of hydrogen-bond donors (Lipinski definition) is 0. The summed E-state index contributed by atoms with van der Waals surface area (Å²) < 4.78 is 16.1. The Morgan fingerprint density at radius 2 is 1.18 bits per heavy atom. The molecule has 0 amide bonds. The van der Waals surface area contributed by atoms with Crippen molar-refractivity contribution in [2.75, 3.05) is 0 Å². The van der Waals surface area contributed by atoms with Gasteiger partial charge in [0.25, 0.3) is 0 Å². The quantitative estimate of drug-likeness (QED) is 0.135. The Morgan fingerprint density at radius 3 is 1.52 bits per heavy atom. The second kappa shape index (κ2) is 11.8. The van der Waals surface area contributed by atoms with Crippen molar-refractivity contribution >= 4 is 17.9 Å². The minimum absolute atomic E-state index is 0.0574. The molecule has 0 aliphatic carbocycles. The zero-order valence-electron chi connectivity index (χ0n) is 22.0. The average molecular weight is 474 g/mol. The first-order valence-electron chi connectivity index (χ1n) is 11.5. The Balaban J connectivity index is 5.76. The predicted molar refractivity (Wildman–Crippen MR) is 124 cm³/mol. The Bertz CT molecular complexity index is 669. The number of nitrogens with zero attached hydrogens (tertiary/aromatic N) is 1. The van der Waals surface area contributed by atoms with Gasteiger partial charge in [-0.3, -0.25) is 24.5 Å². The van der Waals surface area contributed by atoms with Crippen molar-refractivity contribution in [3.8, 4) is 0 Å². The van der Waals surface area contributed by atoms with E-state index < -0.39 is 51.1 Å². The molecule has 0 saturated heterocycles. The van der Waals surface area contributed by atoms with Crippen molar-refractivity contribution in [3.05, 3.63) is 10.1 Å². The molecule has 0 saturated carbocycles. The molecule has 0 aliphatic rings. The molecule has 0 radical (unpaired) electrons. The molecule has 0 spiro atoms. The number of hydrogen-bond acceptors (Lipinski definition) is 8. The summed E-state index contributed by atoms with van der Waals surface area (Å²) in [7, 11) is 0. The first-order valence-corrected chi connectivity index (χ1v) is 11.5. The third-order valence-electron chi connectivity index (χ3n) is 4.60. The van der Waals surface area contributed by atoms with Gasteiger partial charge in [-0.1, -0.05) is 6.92 Å². The average Bonchev–Trinajstić information content (AvgIpc) is 2.54. The Labute approximate surface area is 198 Å². The van der Waals surface area contributed by atoms with Gasteiger partial charge >= 0.3 is 17.9 Å². The van der Waals surface area contributed by atoms with Gasteiger partial charge < -0.3 is 14.2 Å². The van der Waals surface area contributed by atoms with Crippen LogP contribution in [0.1, 0.15) is 108 Å². The fourth-order valence-corrected chi connectivity index (χ4v) is 3.33. The Hall–Kier alpha value is -2.19. The molecule has 0 heterocycles. The normalized spacial score (nSPS) is 14.4. The molecule has 0 aliphatic heterocycles. The van der Waals surface area contributed by atoms with Crippen LogP contribution in [0.5, 0.6) is 0 Å². The molecule has 0 fully saturated rings. The highest BCUT2D eigenvalue weighted by molar-refractivity contribution is 5.95. The minimum Gasteiger partial charge on any atom is -0.460 e. The zero-order valence-corrected chi connectivity index (χ0v) is 22.0. The molecule has 0 rings (SSSR count). The van der Waals surface area contributed by atoms with Gasteiger partial charge in [-0.25, -0.2) is 0 Å². The van der Waals surface area contributed by atoms with Crippen LogP contribution in [0.2, 0.25) is 0 Å². The van der Waals surface area contributed by atoms with E-state index in [1.807, 2.05) is 6.92 Å². The summed E-state index contributed by atoms with van der Waals surface area (Å²) in [6.45, 7) is 17.1. The highest BCUT2D eigenvalue weighted by Gasteiger charge is 2.45. The van der Waals surface area contributed by atoms with Gasteiger partial charge in [0.1, 0.15) is 16.8 Å². The molecule has 0 aromatic rings. The molecule has 0 bridgehead atoms. The largest absolute Gasteiger partial charge is 0.460 e. The predicted octanol–water partition coefficient (Wildman–Crippen LogP) is 5.00. The lowest BCUT2D eigenvalue weighted by Crippen LogP contribution is -2.42. The molecule has 33 heavy (non-hydrogen) atoms. The van der Waals surface area contributed by atoms with Crippen LogP contribution in [-0.2, 0) is 28.6 Å². The molecule has 9 nitrogen and oxygen atoms in total. The van der Waals surface area contributed by atoms with Gasteiger partial charge in [0.15, 0.2) is 5.92 Å². The van der Waals surface area contributed by atoms with Crippen LogP contribution >= 0.6 is 0 Å². The first kappa shape index (κ1) is 30.8. The lowest BCUT2D eigenvalue weighted by molar-refractivity contribution is -0.574. The maximum absolute atomic E-state index is 12.8. The number of rotatable bonds is 11. The summed E-state index contributed by atoms with van der Waals surface area (Å²) >= 11 is 0. The number of nitro groups is 1. The molecule has 0 N–H and O–H groups in total. The molecular weight excluding hydrogens is 430 g/mol. The Kier molecular flexibility index (Phi) is 11.0. The van der Waals surface area contributed by atoms with Crippen molar-refractivity contribution in [2.45, 2.75) is 130 Å². The number of carbonyl (C=O) groups is 3. The van der Waals surface area contributed by atoms with Crippen LogP contribution in [0.25, 0.3) is 0 Å². The molecular formula is C24H43NO8. The van der Waals surface area contributed by atoms with Crippen LogP contribution < -0.4 is 0 Å². The zero-order chi connectivity index (χ0) is 26.3. The lowest BCUT2D eigenvalue weighted by atomic mass is 9.82. The van der Waals surface area contributed by atoms with Crippen LogP contribution in [0.4, 0.5) is 0 Å². The van der Waals surface area contributed by atoms with Crippen molar-refractivity contribution in [1.82, 2.24) is 0 Å². The highest BCUT2D eigenvalue weighted by atomic mass is 16.6. The van der Waals surface area contributed by atoms with Crippen LogP contribution in [0.15, 0.2) is 0 Å². The van der Waals surface area contributed by atoms with Gasteiger partial charge in [0.2, 0.25) is 5.54 Å². The fraction of sp³-hybridized carbons (Fsp3) is 0.875. The van der Waals surface area contributed by atoms with E-state index in [9.17, 15) is 24.5 Å². The van der Waals surface area contributed by atoms with Crippen LogP contribution in [0.3, 0.4) is 0 Å². The van der Waals surface area contributed by atoms with E-state index in [1.54, 1.807) is 62.3 Å². The summed E-state index contributed by atoms with van der Waals surface area (Å²) in [5, 5.41) is 12.1. The minimum atomic E-state index is -1.48. The van der Waals surface area contributed by atoms with E-state index in [0.717, 1.165) is 0 Å². The van der Waals surface area contributed by atoms with E-state index in [-0.39, 0.29) is 32.1 Å². The maximum atomic E-state index is 12.8.